The van der Waals surface area contributed by atoms with E-state index in [9.17, 15) is 9.59 Å². The van der Waals surface area contributed by atoms with Crippen LogP contribution in [0.1, 0.15) is 26.5 Å². The first-order valence-corrected chi connectivity index (χ1v) is 6.87. The SMILES string of the molecule is CCOC(=O)c1nnc(C(=O)Nc2ccc(Cl)cc2)s1. The van der Waals surface area contributed by atoms with Gasteiger partial charge in [-0.3, -0.25) is 4.79 Å². The van der Waals surface area contributed by atoms with Crippen molar-refractivity contribution in [2.75, 3.05) is 11.9 Å². The lowest BCUT2D eigenvalue weighted by atomic mass is 10.3. The molecule has 1 N–H and O–H groups in total. The van der Waals surface area contributed by atoms with E-state index in [2.05, 4.69) is 15.5 Å². The van der Waals surface area contributed by atoms with Gasteiger partial charge in [0.25, 0.3) is 5.91 Å². The number of amides is 1. The molecule has 20 heavy (non-hydrogen) atoms. The molecule has 1 aromatic heterocycles. The van der Waals surface area contributed by atoms with Crippen molar-refractivity contribution in [2.45, 2.75) is 6.92 Å². The third-order valence-electron chi connectivity index (χ3n) is 2.17. The van der Waals surface area contributed by atoms with E-state index in [1.54, 1.807) is 31.2 Å². The van der Waals surface area contributed by atoms with Crippen LogP contribution in [0.25, 0.3) is 0 Å². The summed E-state index contributed by atoms with van der Waals surface area (Å²) in [7, 11) is 0. The van der Waals surface area contributed by atoms with Crippen LogP contribution in [-0.4, -0.2) is 28.7 Å². The summed E-state index contributed by atoms with van der Waals surface area (Å²) >= 11 is 6.63. The van der Waals surface area contributed by atoms with Crippen LogP contribution in [0, 0.1) is 0 Å². The van der Waals surface area contributed by atoms with Gasteiger partial charge >= 0.3 is 5.97 Å². The van der Waals surface area contributed by atoms with Gasteiger partial charge in [-0.15, -0.1) is 10.2 Å². The number of nitrogens with one attached hydrogen (secondary N) is 1. The van der Waals surface area contributed by atoms with E-state index in [4.69, 9.17) is 16.3 Å². The molecular formula is C12H10ClN3O3S. The van der Waals surface area contributed by atoms with Crippen molar-refractivity contribution in [3.8, 4) is 0 Å². The van der Waals surface area contributed by atoms with Gasteiger partial charge in [0.15, 0.2) is 0 Å². The van der Waals surface area contributed by atoms with Crippen molar-refractivity contribution in [1.82, 2.24) is 10.2 Å². The summed E-state index contributed by atoms with van der Waals surface area (Å²) in [5.74, 6) is -1.03. The highest BCUT2D eigenvalue weighted by molar-refractivity contribution is 7.15. The van der Waals surface area contributed by atoms with Crippen LogP contribution in [0.15, 0.2) is 24.3 Å². The minimum atomic E-state index is -0.587. The fourth-order valence-electron chi connectivity index (χ4n) is 1.31. The standard InChI is InChI=1S/C12H10ClN3O3S/c1-2-19-12(18)11-16-15-10(20-11)9(17)14-8-5-3-7(13)4-6-8/h3-6H,2H2,1H3,(H,14,17). The zero-order chi connectivity index (χ0) is 14.5. The van der Waals surface area contributed by atoms with Crippen LogP contribution in [0.3, 0.4) is 0 Å². The number of rotatable bonds is 4. The second kappa shape index (κ2) is 6.44. The number of nitrogens with zero attached hydrogens (tertiary/aromatic N) is 2. The van der Waals surface area contributed by atoms with Crippen molar-refractivity contribution < 1.29 is 14.3 Å². The zero-order valence-electron chi connectivity index (χ0n) is 10.4. The van der Waals surface area contributed by atoms with Crippen molar-refractivity contribution in [2.24, 2.45) is 0 Å². The second-order valence-corrected chi connectivity index (χ2v) is 5.01. The van der Waals surface area contributed by atoms with E-state index in [1.165, 1.54) is 0 Å². The van der Waals surface area contributed by atoms with Gasteiger partial charge in [0.05, 0.1) is 6.61 Å². The number of hydrogen-bond donors (Lipinski definition) is 1. The van der Waals surface area contributed by atoms with Crippen LogP contribution in [0.2, 0.25) is 5.02 Å². The average molecular weight is 312 g/mol. The molecule has 1 aromatic carbocycles. The summed E-state index contributed by atoms with van der Waals surface area (Å²) in [4.78, 5) is 23.3. The van der Waals surface area contributed by atoms with E-state index in [1.807, 2.05) is 0 Å². The Morgan fingerprint density at radius 1 is 1.25 bits per heavy atom. The van der Waals surface area contributed by atoms with Gasteiger partial charge in [-0.05, 0) is 31.2 Å². The molecule has 0 saturated heterocycles. The zero-order valence-corrected chi connectivity index (χ0v) is 12.0. The number of hydrogen-bond acceptors (Lipinski definition) is 6. The largest absolute Gasteiger partial charge is 0.461 e. The summed E-state index contributed by atoms with van der Waals surface area (Å²) in [6.07, 6.45) is 0. The summed E-state index contributed by atoms with van der Waals surface area (Å²) in [5.41, 5.74) is 0.576. The van der Waals surface area contributed by atoms with E-state index in [-0.39, 0.29) is 16.6 Å². The average Bonchev–Trinajstić information content (AvgIpc) is 2.91. The van der Waals surface area contributed by atoms with Gasteiger partial charge in [0, 0.05) is 10.7 Å². The Morgan fingerprint density at radius 3 is 2.55 bits per heavy atom. The fourth-order valence-corrected chi connectivity index (χ4v) is 2.07. The van der Waals surface area contributed by atoms with E-state index >= 15 is 0 Å². The van der Waals surface area contributed by atoms with Gasteiger partial charge in [-0.25, -0.2) is 4.79 Å². The van der Waals surface area contributed by atoms with Gasteiger partial charge in [-0.2, -0.15) is 0 Å². The second-order valence-electron chi connectivity index (χ2n) is 3.59. The molecule has 0 aliphatic rings. The Kier molecular flexibility index (Phi) is 4.65. The van der Waals surface area contributed by atoms with Crippen molar-refractivity contribution in [3.05, 3.63) is 39.3 Å². The fraction of sp³-hybridized carbons (Fsp3) is 0.167. The molecule has 2 aromatic rings. The molecule has 1 heterocycles. The maximum atomic E-state index is 11.9. The van der Waals surface area contributed by atoms with Crippen LogP contribution in [0.4, 0.5) is 5.69 Å². The molecular weight excluding hydrogens is 302 g/mol. The lowest BCUT2D eigenvalue weighted by molar-refractivity contribution is 0.0525. The topological polar surface area (TPSA) is 81.2 Å². The Labute approximate surface area is 123 Å². The van der Waals surface area contributed by atoms with E-state index in [0.29, 0.717) is 10.7 Å². The number of esters is 1. The molecule has 0 aliphatic carbocycles. The maximum absolute atomic E-state index is 11.9. The van der Waals surface area contributed by atoms with Gasteiger partial charge in [-0.1, -0.05) is 22.9 Å². The Hall–Kier alpha value is -1.99. The summed E-state index contributed by atoms with van der Waals surface area (Å²) < 4.78 is 4.78. The first-order valence-electron chi connectivity index (χ1n) is 5.67. The molecule has 0 fully saturated rings. The number of ether oxygens (including phenoxy) is 1. The van der Waals surface area contributed by atoms with Gasteiger partial charge < -0.3 is 10.1 Å². The molecule has 0 saturated carbocycles. The maximum Gasteiger partial charge on any atom is 0.369 e. The van der Waals surface area contributed by atoms with E-state index < -0.39 is 11.9 Å². The Balaban J connectivity index is 2.06. The highest BCUT2D eigenvalue weighted by Gasteiger charge is 2.18. The van der Waals surface area contributed by atoms with Crippen LogP contribution < -0.4 is 5.32 Å². The number of carbonyl (C=O) groups is 2. The molecule has 8 heteroatoms. The molecule has 0 aliphatic heterocycles. The summed E-state index contributed by atoms with van der Waals surface area (Å²) in [6.45, 7) is 1.93. The van der Waals surface area contributed by atoms with Crippen molar-refractivity contribution in [1.29, 1.82) is 0 Å². The molecule has 0 spiro atoms. The van der Waals surface area contributed by atoms with E-state index in [0.717, 1.165) is 11.3 Å². The predicted molar refractivity (Wildman–Crippen MR) is 75.3 cm³/mol. The van der Waals surface area contributed by atoms with Crippen molar-refractivity contribution in [3.63, 3.8) is 0 Å². The molecule has 1 amide bonds. The Bertz CT molecular complexity index is 627. The number of anilines is 1. The molecule has 0 bridgehead atoms. The van der Waals surface area contributed by atoms with Gasteiger partial charge in [0.2, 0.25) is 10.0 Å². The quantitative estimate of drug-likeness (QED) is 0.878. The highest BCUT2D eigenvalue weighted by Crippen LogP contribution is 2.16. The number of aromatic nitrogens is 2. The first kappa shape index (κ1) is 14.4. The number of benzene rings is 1. The Morgan fingerprint density at radius 2 is 1.90 bits per heavy atom. The predicted octanol–water partition coefficient (Wildman–Crippen LogP) is 2.62. The van der Waals surface area contributed by atoms with Crippen LogP contribution in [-0.2, 0) is 4.74 Å². The number of halogens is 1. The first-order chi connectivity index (χ1) is 9.60. The minimum Gasteiger partial charge on any atom is -0.461 e. The van der Waals surface area contributed by atoms with Crippen molar-refractivity contribution >= 4 is 40.5 Å². The molecule has 0 atom stereocenters. The minimum absolute atomic E-state index is 0.0492. The van der Waals surface area contributed by atoms with Crippen LogP contribution in [0.5, 0.6) is 0 Å². The summed E-state index contributed by atoms with van der Waals surface area (Å²) in [6, 6.07) is 6.63. The molecule has 0 radical (unpaired) electrons. The molecule has 104 valence electrons. The smallest absolute Gasteiger partial charge is 0.369 e. The van der Waals surface area contributed by atoms with Gasteiger partial charge in [0.1, 0.15) is 0 Å². The third kappa shape index (κ3) is 3.52. The monoisotopic (exact) mass is 311 g/mol. The lowest BCUT2D eigenvalue weighted by Gasteiger charge is -2.01. The summed E-state index contributed by atoms with van der Waals surface area (Å²) in [5, 5.41) is 10.6. The molecule has 0 unspecified atom stereocenters. The third-order valence-corrected chi connectivity index (χ3v) is 3.33. The van der Waals surface area contributed by atoms with Crippen LogP contribution >= 0.6 is 22.9 Å². The lowest BCUT2D eigenvalue weighted by Crippen LogP contribution is -2.11. The highest BCUT2D eigenvalue weighted by atomic mass is 35.5. The number of carbonyl (C=O) groups excluding carboxylic acids is 2. The molecule has 6 nitrogen and oxygen atoms in total. The molecule has 2 rings (SSSR count). The normalized spacial score (nSPS) is 10.1.